The highest BCUT2D eigenvalue weighted by Crippen LogP contribution is 2.20. The molecule has 0 aliphatic rings. The van der Waals surface area contributed by atoms with Crippen LogP contribution in [-0.2, 0) is 6.54 Å². The second kappa shape index (κ2) is 5.83. The van der Waals surface area contributed by atoms with Gasteiger partial charge in [0.25, 0.3) is 0 Å². The molecule has 0 aliphatic carbocycles. The first kappa shape index (κ1) is 13.4. The fourth-order valence-corrected chi connectivity index (χ4v) is 2.39. The Morgan fingerprint density at radius 3 is 2.48 bits per heavy atom. The van der Waals surface area contributed by atoms with Crippen molar-refractivity contribution in [2.24, 2.45) is 0 Å². The highest BCUT2D eigenvalue weighted by Gasteiger charge is 2.01. The summed E-state index contributed by atoms with van der Waals surface area (Å²) < 4.78 is 0. The van der Waals surface area contributed by atoms with Crippen molar-refractivity contribution in [1.29, 1.82) is 0 Å². The van der Waals surface area contributed by atoms with E-state index in [-0.39, 0.29) is 0 Å². The molecular formula is C18H19N3. The fraction of sp³-hybridized carbons (Fsp3) is 0.167. The fourth-order valence-electron chi connectivity index (χ4n) is 2.39. The number of nitrogens with one attached hydrogen (secondary N) is 1. The van der Waals surface area contributed by atoms with Crippen molar-refractivity contribution in [1.82, 2.24) is 4.98 Å². The lowest BCUT2D eigenvalue weighted by Crippen LogP contribution is -2.08. The maximum atomic E-state index is 4.32. The Kier molecular flexibility index (Phi) is 3.73. The molecule has 0 atom stereocenters. The van der Waals surface area contributed by atoms with Crippen molar-refractivity contribution in [3.63, 3.8) is 0 Å². The number of anilines is 2. The highest BCUT2D eigenvalue weighted by atomic mass is 15.1. The molecule has 3 aromatic rings. The van der Waals surface area contributed by atoms with E-state index in [0.29, 0.717) is 0 Å². The van der Waals surface area contributed by atoms with Crippen molar-refractivity contribution in [3.8, 4) is 0 Å². The Morgan fingerprint density at radius 2 is 1.71 bits per heavy atom. The summed E-state index contributed by atoms with van der Waals surface area (Å²) in [4.78, 5) is 6.41. The summed E-state index contributed by atoms with van der Waals surface area (Å²) >= 11 is 0. The largest absolute Gasteiger partial charge is 0.381 e. The van der Waals surface area contributed by atoms with E-state index in [0.717, 1.165) is 12.2 Å². The lowest BCUT2D eigenvalue weighted by atomic mass is 10.1. The van der Waals surface area contributed by atoms with Gasteiger partial charge in [0.05, 0.1) is 0 Å². The van der Waals surface area contributed by atoms with Crippen molar-refractivity contribution >= 4 is 22.1 Å². The van der Waals surface area contributed by atoms with Gasteiger partial charge in [-0.15, -0.1) is 0 Å². The van der Waals surface area contributed by atoms with Crippen molar-refractivity contribution < 1.29 is 0 Å². The van der Waals surface area contributed by atoms with Crippen molar-refractivity contribution in [2.75, 3.05) is 24.3 Å². The summed E-state index contributed by atoms with van der Waals surface area (Å²) in [6, 6.07) is 16.8. The van der Waals surface area contributed by atoms with Crippen LogP contribution in [0.5, 0.6) is 0 Å². The summed E-state index contributed by atoms with van der Waals surface area (Å²) in [5, 5.41) is 5.90. The molecule has 0 radical (unpaired) electrons. The zero-order valence-corrected chi connectivity index (χ0v) is 12.4. The second-order valence-electron chi connectivity index (χ2n) is 5.31. The average molecular weight is 277 g/mol. The Morgan fingerprint density at radius 1 is 0.952 bits per heavy atom. The van der Waals surface area contributed by atoms with Gasteiger partial charge in [0.1, 0.15) is 0 Å². The molecule has 106 valence electrons. The standard InChI is InChI=1S/C18H19N3/c1-21(2)17-9-7-16(8-10-17)20-13-15-12-19-11-14-5-3-4-6-18(14)15/h3-12,20H,13H2,1-2H3. The SMILES string of the molecule is CN(C)c1ccc(NCc2cncc3ccccc23)cc1. The smallest absolute Gasteiger partial charge is 0.0422 e. The van der Waals surface area contributed by atoms with Gasteiger partial charge in [-0.2, -0.15) is 0 Å². The Bertz CT molecular complexity index is 728. The number of fused-ring (bicyclic) bond motifs is 1. The maximum Gasteiger partial charge on any atom is 0.0422 e. The Hall–Kier alpha value is -2.55. The molecule has 0 aliphatic heterocycles. The molecule has 1 heterocycles. The number of hydrogen-bond acceptors (Lipinski definition) is 3. The van der Waals surface area contributed by atoms with E-state index in [9.17, 15) is 0 Å². The number of rotatable bonds is 4. The molecule has 0 spiro atoms. The molecule has 1 aromatic heterocycles. The average Bonchev–Trinajstić information content (AvgIpc) is 2.53. The van der Waals surface area contributed by atoms with E-state index >= 15 is 0 Å². The lowest BCUT2D eigenvalue weighted by Gasteiger charge is -2.13. The minimum atomic E-state index is 0.773. The van der Waals surface area contributed by atoms with E-state index in [1.165, 1.54) is 22.0 Å². The van der Waals surface area contributed by atoms with Crippen LogP contribution in [0.25, 0.3) is 10.8 Å². The van der Waals surface area contributed by atoms with Crippen LogP contribution in [0.15, 0.2) is 60.9 Å². The quantitative estimate of drug-likeness (QED) is 0.783. The van der Waals surface area contributed by atoms with Gasteiger partial charge in [0, 0.05) is 49.8 Å². The summed E-state index contributed by atoms with van der Waals surface area (Å²) in [7, 11) is 4.09. The van der Waals surface area contributed by atoms with Crippen LogP contribution >= 0.6 is 0 Å². The van der Waals surface area contributed by atoms with Gasteiger partial charge in [-0.1, -0.05) is 24.3 Å². The minimum Gasteiger partial charge on any atom is -0.381 e. The second-order valence-corrected chi connectivity index (χ2v) is 5.31. The number of benzene rings is 2. The molecular weight excluding hydrogens is 258 g/mol. The van der Waals surface area contributed by atoms with Crippen LogP contribution in [0.2, 0.25) is 0 Å². The lowest BCUT2D eigenvalue weighted by molar-refractivity contribution is 1.12. The first-order chi connectivity index (χ1) is 10.2. The first-order valence-electron chi connectivity index (χ1n) is 7.07. The molecule has 0 fully saturated rings. The van der Waals surface area contributed by atoms with E-state index in [2.05, 4.69) is 57.7 Å². The molecule has 0 saturated heterocycles. The summed E-state index contributed by atoms with van der Waals surface area (Å²) in [5.41, 5.74) is 3.53. The van der Waals surface area contributed by atoms with Crippen LogP contribution in [0.1, 0.15) is 5.56 Å². The Balaban J connectivity index is 1.77. The number of pyridine rings is 1. The molecule has 3 rings (SSSR count). The predicted molar refractivity (Wildman–Crippen MR) is 89.8 cm³/mol. The summed E-state index contributed by atoms with van der Waals surface area (Å²) in [5.74, 6) is 0. The third-order valence-corrected chi connectivity index (χ3v) is 3.62. The highest BCUT2D eigenvalue weighted by molar-refractivity contribution is 5.84. The predicted octanol–water partition coefficient (Wildman–Crippen LogP) is 3.91. The molecule has 3 nitrogen and oxygen atoms in total. The number of hydrogen-bond donors (Lipinski definition) is 1. The Labute approximate surface area is 125 Å². The van der Waals surface area contributed by atoms with Crippen molar-refractivity contribution in [2.45, 2.75) is 6.54 Å². The molecule has 21 heavy (non-hydrogen) atoms. The monoisotopic (exact) mass is 277 g/mol. The topological polar surface area (TPSA) is 28.2 Å². The van der Waals surface area contributed by atoms with Gasteiger partial charge in [0.15, 0.2) is 0 Å². The van der Waals surface area contributed by atoms with Crippen LogP contribution in [0.4, 0.5) is 11.4 Å². The number of nitrogens with zero attached hydrogens (tertiary/aromatic N) is 2. The molecule has 0 saturated carbocycles. The number of aromatic nitrogens is 1. The van der Waals surface area contributed by atoms with Gasteiger partial charge >= 0.3 is 0 Å². The van der Waals surface area contributed by atoms with E-state index in [1.807, 2.05) is 32.6 Å². The van der Waals surface area contributed by atoms with Crippen LogP contribution in [-0.4, -0.2) is 19.1 Å². The van der Waals surface area contributed by atoms with E-state index in [1.54, 1.807) is 0 Å². The summed E-state index contributed by atoms with van der Waals surface area (Å²) in [6.07, 6.45) is 3.84. The molecule has 1 N–H and O–H groups in total. The zero-order chi connectivity index (χ0) is 14.7. The first-order valence-corrected chi connectivity index (χ1v) is 7.07. The van der Waals surface area contributed by atoms with Gasteiger partial charge in [-0.3, -0.25) is 4.98 Å². The zero-order valence-electron chi connectivity index (χ0n) is 12.4. The van der Waals surface area contributed by atoms with E-state index < -0.39 is 0 Å². The molecule has 2 aromatic carbocycles. The van der Waals surface area contributed by atoms with Gasteiger partial charge in [-0.25, -0.2) is 0 Å². The maximum absolute atomic E-state index is 4.32. The van der Waals surface area contributed by atoms with Crippen molar-refractivity contribution in [3.05, 3.63) is 66.5 Å². The molecule has 0 bridgehead atoms. The molecule has 0 unspecified atom stereocenters. The van der Waals surface area contributed by atoms with Gasteiger partial charge in [0.2, 0.25) is 0 Å². The normalized spacial score (nSPS) is 10.6. The van der Waals surface area contributed by atoms with Crippen LogP contribution < -0.4 is 10.2 Å². The summed E-state index contributed by atoms with van der Waals surface area (Å²) in [6.45, 7) is 0.773. The van der Waals surface area contributed by atoms with Crippen LogP contribution in [0, 0.1) is 0 Å². The minimum absolute atomic E-state index is 0.773. The van der Waals surface area contributed by atoms with E-state index in [4.69, 9.17) is 0 Å². The third-order valence-electron chi connectivity index (χ3n) is 3.62. The van der Waals surface area contributed by atoms with Crippen LogP contribution in [0.3, 0.4) is 0 Å². The third kappa shape index (κ3) is 2.97. The van der Waals surface area contributed by atoms with Gasteiger partial charge < -0.3 is 10.2 Å². The van der Waals surface area contributed by atoms with Gasteiger partial charge in [-0.05, 0) is 35.2 Å². The molecule has 0 amide bonds. The molecule has 3 heteroatoms.